The van der Waals surface area contributed by atoms with E-state index in [-0.39, 0.29) is 6.03 Å². The number of hydrogen-bond acceptors (Lipinski definition) is 4. The van der Waals surface area contributed by atoms with E-state index in [1.807, 2.05) is 61.7 Å². The number of urea groups is 1. The Kier molecular flexibility index (Phi) is 5.65. The van der Waals surface area contributed by atoms with Crippen LogP contribution in [0.5, 0.6) is 5.75 Å². The van der Waals surface area contributed by atoms with Crippen LogP contribution in [0, 0.1) is 0 Å². The lowest BCUT2D eigenvalue weighted by Crippen LogP contribution is -2.40. The third-order valence-electron chi connectivity index (χ3n) is 4.98. The zero-order valence-corrected chi connectivity index (χ0v) is 16.5. The summed E-state index contributed by atoms with van der Waals surface area (Å²) in [5.74, 6) is 0.834. The van der Waals surface area contributed by atoms with E-state index < -0.39 is 0 Å². The standard InChI is InChI=1S/C22H25N5O2/c1-2-27(22(28)24-13-17-6-4-3-5-7-17)19-8-9-21-20(12-19)26(10-11-29-21)15-18-14-23-16-25-18/h3-9,12,14,16H,2,10-11,13,15H2,1H3,(H,23,25)(H,24,28). The van der Waals surface area contributed by atoms with Gasteiger partial charge in [0.1, 0.15) is 12.4 Å². The molecule has 2 aromatic carbocycles. The predicted octanol–water partition coefficient (Wildman–Crippen LogP) is 3.54. The molecule has 0 unspecified atom stereocenters. The van der Waals surface area contributed by atoms with E-state index in [1.165, 1.54) is 0 Å². The first-order chi connectivity index (χ1) is 14.2. The smallest absolute Gasteiger partial charge is 0.322 e. The second-order valence-electron chi connectivity index (χ2n) is 6.89. The largest absolute Gasteiger partial charge is 0.490 e. The van der Waals surface area contributed by atoms with E-state index in [0.29, 0.717) is 26.2 Å². The minimum absolute atomic E-state index is 0.117. The van der Waals surface area contributed by atoms with Crippen LogP contribution in [0.15, 0.2) is 61.1 Å². The van der Waals surface area contributed by atoms with Crippen molar-refractivity contribution < 1.29 is 9.53 Å². The number of anilines is 2. The van der Waals surface area contributed by atoms with Crippen molar-refractivity contribution in [1.29, 1.82) is 0 Å². The second kappa shape index (κ2) is 8.68. The molecule has 150 valence electrons. The van der Waals surface area contributed by atoms with Gasteiger partial charge in [-0.15, -0.1) is 0 Å². The van der Waals surface area contributed by atoms with Crippen LogP contribution in [0.25, 0.3) is 0 Å². The molecule has 1 aromatic heterocycles. The fourth-order valence-electron chi connectivity index (χ4n) is 3.48. The summed E-state index contributed by atoms with van der Waals surface area (Å²) in [5.41, 5.74) is 3.94. The van der Waals surface area contributed by atoms with E-state index in [4.69, 9.17) is 4.74 Å². The molecule has 29 heavy (non-hydrogen) atoms. The van der Waals surface area contributed by atoms with Gasteiger partial charge in [0.05, 0.1) is 30.8 Å². The maximum atomic E-state index is 12.8. The van der Waals surface area contributed by atoms with Gasteiger partial charge in [0.15, 0.2) is 0 Å². The molecule has 0 fully saturated rings. The zero-order chi connectivity index (χ0) is 20.1. The molecule has 1 aliphatic rings. The molecule has 0 saturated heterocycles. The predicted molar refractivity (Wildman–Crippen MR) is 113 cm³/mol. The highest BCUT2D eigenvalue weighted by molar-refractivity contribution is 5.92. The number of amides is 2. The molecular weight excluding hydrogens is 366 g/mol. The average Bonchev–Trinajstić information content (AvgIpc) is 3.27. The number of ether oxygens (including phenoxy) is 1. The fourth-order valence-corrected chi connectivity index (χ4v) is 3.48. The van der Waals surface area contributed by atoms with Crippen molar-refractivity contribution in [3.05, 3.63) is 72.3 Å². The van der Waals surface area contributed by atoms with Gasteiger partial charge in [0.25, 0.3) is 0 Å². The number of hydrogen-bond donors (Lipinski definition) is 2. The quantitative estimate of drug-likeness (QED) is 0.674. The molecule has 0 spiro atoms. The van der Waals surface area contributed by atoms with Crippen LogP contribution in [0.3, 0.4) is 0 Å². The van der Waals surface area contributed by atoms with Gasteiger partial charge in [-0.2, -0.15) is 0 Å². The summed E-state index contributed by atoms with van der Waals surface area (Å²) < 4.78 is 5.82. The van der Waals surface area contributed by atoms with Gasteiger partial charge < -0.3 is 19.9 Å². The number of nitrogens with one attached hydrogen (secondary N) is 2. The summed E-state index contributed by atoms with van der Waals surface area (Å²) in [6, 6.07) is 15.7. The normalized spacial score (nSPS) is 12.8. The van der Waals surface area contributed by atoms with Crippen molar-refractivity contribution in [3.63, 3.8) is 0 Å². The highest BCUT2D eigenvalue weighted by Crippen LogP contribution is 2.36. The van der Waals surface area contributed by atoms with Crippen LogP contribution in [0.4, 0.5) is 16.2 Å². The van der Waals surface area contributed by atoms with E-state index >= 15 is 0 Å². The van der Waals surface area contributed by atoms with Crippen molar-refractivity contribution in [2.24, 2.45) is 0 Å². The summed E-state index contributed by atoms with van der Waals surface area (Å²) in [4.78, 5) is 24.0. The zero-order valence-electron chi connectivity index (χ0n) is 16.5. The van der Waals surface area contributed by atoms with Crippen molar-refractivity contribution in [2.75, 3.05) is 29.5 Å². The fraction of sp³-hybridized carbons (Fsp3) is 0.273. The molecule has 0 bridgehead atoms. The van der Waals surface area contributed by atoms with E-state index in [9.17, 15) is 4.79 Å². The number of nitrogens with zero attached hydrogens (tertiary/aromatic N) is 3. The van der Waals surface area contributed by atoms with E-state index in [1.54, 1.807) is 11.2 Å². The summed E-state index contributed by atoms with van der Waals surface area (Å²) in [7, 11) is 0. The van der Waals surface area contributed by atoms with Crippen molar-refractivity contribution in [2.45, 2.75) is 20.0 Å². The lowest BCUT2D eigenvalue weighted by atomic mass is 10.2. The number of H-pyrrole nitrogens is 1. The number of rotatable bonds is 6. The Morgan fingerprint density at radius 1 is 1.28 bits per heavy atom. The van der Waals surface area contributed by atoms with Gasteiger partial charge in [-0.3, -0.25) is 4.90 Å². The van der Waals surface area contributed by atoms with Crippen LogP contribution in [0.2, 0.25) is 0 Å². The molecule has 0 atom stereocenters. The first kappa shape index (κ1) is 18.9. The molecule has 4 rings (SSSR count). The van der Waals surface area contributed by atoms with Crippen LogP contribution >= 0.6 is 0 Å². The Hall–Kier alpha value is -3.48. The average molecular weight is 391 g/mol. The van der Waals surface area contributed by atoms with Gasteiger partial charge in [0, 0.05) is 25.0 Å². The maximum Gasteiger partial charge on any atom is 0.322 e. The van der Waals surface area contributed by atoms with Crippen molar-refractivity contribution in [1.82, 2.24) is 15.3 Å². The maximum absolute atomic E-state index is 12.8. The van der Waals surface area contributed by atoms with Gasteiger partial charge in [0.2, 0.25) is 0 Å². The molecule has 0 aliphatic carbocycles. The summed E-state index contributed by atoms with van der Waals surface area (Å²) in [5, 5.41) is 3.00. The van der Waals surface area contributed by atoms with Crippen LogP contribution in [0.1, 0.15) is 18.2 Å². The topological polar surface area (TPSA) is 73.5 Å². The molecule has 1 aliphatic heterocycles. The number of carbonyl (C=O) groups excluding carboxylic acids is 1. The Morgan fingerprint density at radius 3 is 2.90 bits per heavy atom. The van der Waals surface area contributed by atoms with Gasteiger partial charge >= 0.3 is 6.03 Å². The highest BCUT2D eigenvalue weighted by Gasteiger charge is 2.22. The molecule has 2 amide bonds. The van der Waals surface area contributed by atoms with Crippen molar-refractivity contribution >= 4 is 17.4 Å². The highest BCUT2D eigenvalue weighted by atomic mass is 16.5. The number of carbonyl (C=O) groups is 1. The number of imidazole rings is 1. The number of fused-ring (bicyclic) bond motifs is 1. The molecule has 2 heterocycles. The number of aromatic nitrogens is 2. The molecule has 7 heteroatoms. The Balaban J connectivity index is 1.51. The third kappa shape index (κ3) is 4.34. The molecule has 2 N–H and O–H groups in total. The minimum Gasteiger partial charge on any atom is -0.490 e. The lowest BCUT2D eigenvalue weighted by Gasteiger charge is -2.32. The molecular formula is C22H25N5O2. The van der Waals surface area contributed by atoms with Gasteiger partial charge in [-0.05, 0) is 30.7 Å². The minimum atomic E-state index is -0.117. The Labute approximate surface area is 170 Å². The van der Waals surface area contributed by atoms with Crippen LogP contribution in [-0.2, 0) is 13.1 Å². The number of aromatic amines is 1. The summed E-state index contributed by atoms with van der Waals surface area (Å²) in [6.45, 7) is 5.17. The van der Waals surface area contributed by atoms with Gasteiger partial charge in [-0.25, -0.2) is 9.78 Å². The third-order valence-corrected chi connectivity index (χ3v) is 4.98. The molecule has 0 saturated carbocycles. The number of benzene rings is 2. The summed E-state index contributed by atoms with van der Waals surface area (Å²) in [6.07, 6.45) is 3.51. The second-order valence-corrected chi connectivity index (χ2v) is 6.89. The van der Waals surface area contributed by atoms with Crippen molar-refractivity contribution in [3.8, 4) is 5.75 Å². The first-order valence-corrected chi connectivity index (χ1v) is 9.83. The first-order valence-electron chi connectivity index (χ1n) is 9.83. The molecule has 0 radical (unpaired) electrons. The molecule has 7 nitrogen and oxygen atoms in total. The summed E-state index contributed by atoms with van der Waals surface area (Å²) >= 11 is 0. The molecule has 3 aromatic rings. The Morgan fingerprint density at radius 2 is 2.14 bits per heavy atom. The van der Waals surface area contributed by atoms with E-state index in [2.05, 4.69) is 20.2 Å². The monoisotopic (exact) mass is 391 g/mol. The van der Waals surface area contributed by atoms with Gasteiger partial charge in [-0.1, -0.05) is 30.3 Å². The Bertz CT molecular complexity index is 943. The van der Waals surface area contributed by atoms with Crippen LogP contribution in [-0.4, -0.2) is 35.7 Å². The SMILES string of the molecule is CCN(C(=O)NCc1ccccc1)c1ccc2c(c1)N(Cc1cnc[nH]1)CCO2. The van der Waals surface area contributed by atoms with Crippen LogP contribution < -0.4 is 19.9 Å². The lowest BCUT2D eigenvalue weighted by molar-refractivity contribution is 0.246. The van der Waals surface area contributed by atoms with E-state index in [0.717, 1.165) is 34.9 Å².